The summed E-state index contributed by atoms with van der Waals surface area (Å²) >= 11 is 0. The van der Waals surface area contributed by atoms with Gasteiger partial charge < -0.3 is 20.4 Å². The van der Waals surface area contributed by atoms with Crippen LogP contribution in [-0.2, 0) is 0 Å². The molecule has 0 aliphatic carbocycles. The lowest BCUT2D eigenvalue weighted by Crippen LogP contribution is -2.42. The molecule has 4 heteroatoms. The number of β-amino-alcohol motifs (C(OH)–C–C–N with tert-alkyl or cyclic N) is 1. The highest BCUT2D eigenvalue weighted by Crippen LogP contribution is 2.07. The largest absolute Gasteiger partial charge is 0.390 e. The van der Waals surface area contributed by atoms with E-state index in [1.807, 2.05) is 0 Å². The Morgan fingerprint density at radius 2 is 1.93 bits per heavy atom. The Kier molecular flexibility index (Phi) is 4.99. The summed E-state index contributed by atoms with van der Waals surface area (Å²) in [5.74, 6) is 0. The third kappa shape index (κ3) is 6.10. The number of aliphatic hydroxyl groups is 2. The molecule has 90 valence electrons. The third-order valence-corrected chi connectivity index (χ3v) is 2.61. The molecule has 0 aromatic rings. The monoisotopic (exact) mass is 216 g/mol. The highest BCUT2D eigenvalue weighted by Gasteiger charge is 2.16. The number of nitrogens with zero attached hydrogens (tertiary/aromatic N) is 1. The second-order valence-corrected chi connectivity index (χ2v) is 5.10. The number of hydrogen-bond donors (Lipinski definition) is 3. The first-order valence-electron chi connectivity index (χ1n) is 5.81. The van der Waals surface area contributed by atoms with Gasteiger partial charge in [0.2, 0.25) is 0 Å². The summed E-state index contributed by atoms with van der Waals surface area (Å²) in [6, 6.07) is 0. The van der Waals surface area contributed by atoms with Crippen LogP contribution in [-0.4, -0.2) is 59.5 Å². The minimum Gasteiger partial charge on any atom is -0.390 e. The molecule has 0 radical (unpaired) electrons. The van der Waals surface area contributed by atoms with E-state index in [2.05, 4.69) is 10.2 Å². The molecule has 0 saturated carbocycles. The van der Waals surface area contributed by atoms with Crippen molar-refractivity contribution >= 4 is 0 Å². The molecule has 0 aromatic carbocycles. The number of aliphatic hydroxyl groups excluding tert-OH is 1. The fourth-order valence-corrected chi connectivity index (χ4v) is 1.87. The van der Waals surface area contributed by atoms with Crippen LogP contribution >= 0.6 is 0 Å². The first kappa shape index (κ1) is 12.9. The van der Waals surface area contributed by atoms with Crippen molar-refractivity contribution in [3.63, 3.8) is 0 Å². The zero-order valence-corrected chi connectivity index (χ0v) is 9.87. The van der Waals surface area contributed by atoms with Crippen molar-refractivity contribution in [1.29, 1.82) is 0 Å². The van der Waals surface area contributed by atoms with Crippen molar-refractivity contribution in [2.75, 3.05) is 32.7 Å². The minimum absolute atomic E-state index is 0.328. The van der Waals surface area contributed by atoms with Crippen LogP contribution in [0.1, 0.15) is 26.7 Å². The number of hydrogen-bond acceptors (Lipinski definition) is 4. The van der Waals surface area contributed by atoms with Crippen molar-refractivity contribution < 1.29 is 10.2 Å². The number of rotatable bonds is 6. The number of nitrogens with one attached hydrogen (secondary N) is 1. The molecule has 1 aliphatic rings. The summed E-state index contributed by atoms with van der Waals surface area (Å²) in [6.07, 6.45) is 2.18. The predicted molar refractivity (Wildman–Crippen MR) is 60.8 cm³/mol. The Balaban J connectivity index is 2.05. The van der Waals surface area contributed by atoms with Crippen molar-refractivity contribution in [3.8, 4) is 0 Å². The Hall–Kier alpha value is -0.160. The smallest absolute Gasteiger partial charge is 0.0791 e. The van der Waals surface area contributed by atoms with Crippen LogP contribution in [0.25, 0.3) is 0 Å². The van der Waals surface area contributed by atoms with Crippen molar-refractivity contribution in [2.45, 2.75) is 38.4 Å². The van der Waals surface area contributed by atoms with Crippen LogP contribution in [0.2, 0.25) is 0 Å². The Morgan fingerprint density at radius 3 is 2.47 bits per heavy atom. The van der Waals surface area contributed by atoms with Gasteiger partial charge in [-0.05, 0) is 39.8 Å². The SMILES string of the molecule is CC(C)(O)CNCC(O)CN1CCCC1. The maximum Gasteiger partial charge on any atom is 0.0791 e. The van der Waals surface area contributed by atoms with E-state index in [1.165, 1.54) is 12.8 Å². The maximum atomic E-state index is 9.72. The molecule has 1 fully saturated rings. The van der Waals surface area contributed by atoms with Crippen LogP contribution in [0.5, 0.6) is 0 Å². The van der Waals surface area contributed by atoms with Gasteiger partial charge in [0, 0.05) is 19.6 Å². The Labute approximate surface area is 92.3 Å². The fraction of sp³-hybridized carbons (Fsp3) is 1.00. The van der Waals surface area contributed by atoms with Gasteiger partial charge in [-0.1, -0.05) is 0 Å². The standard InChI is InChI=1S/C11H24N2O2/c1-11(2,15)9-12-7-10(14)8-13-5-3-4-6-13/h10,12,14-15H,3-9H2,1-2H3. The van der Waals surface area contributed by atoms with Crippen LogP contribution < -0.4 is 5.32 Å². The zero-order chi connectivity index (χ0) is 11.3. The first-order valence-corrected chi connectivity index (χ1v) is 5.81. The summed E-state index contributed by atoms with van der Waals surface area (Å²) in [6.45, 7) is 7.56. The van der Waals surface area contributed by atoms with E-state index in [1.54, 1.807) is 13.8 Å². The van der Waals surface area contributed by atoms with E-state index < -0.39 is 5.60 Å². The highest BCUT2D eigenvalue weighted by atomic mass is 16.3. The van der Waals surface area contributed by atoms with Gasteiger partial charge in [0.15, 0.2) is 0 Å². The topological polar surface area (TPSA) is 55.7 Å². The van der Waals surface area contributed by atoms with Gasteiger partial charge in [0.1, 0.15) is 0 Å². The molecule has 15 heavy (non-hydrogen) atoms. The quantitative estimate of drug-likeness (QED) is 0.576. The molecule has 0 amide bonds. The number of likely N-dealkylation sites (tertiary alicyclic amines) is 1. The van der Waals surface area contributed by atoms with Crippen LogP contribution in [0, 0.1) is 0 Å². The lowest BCUT2D eigenvalue weighted by molar-refractivity contribution is 0.0700. The van der Waals surface area contributed by atoms with E-state index in [0.717, 1.165) is 19.6 Å². The molecule has 0 bridgehead atoms. The molecule has 1 heterocycles. The zero-order valence-electron chi connectivity index (χ0n) is 9.87. The Bertz CT molecular complexity index is 174. The molecule has 1 rings (SSSR count). The second-order valence-electron chi connectivity index (χ2n) is 5.10. The van der Waals surface area contributed by atoms with Crippen molar-refractivity contribution in [2.24, 2.45) is 0 Å². The van der Waals surface area contributed by atoms with Gasteiger partial charge in [0.25, 0.3) is 0 Å². The summed E-state index contributed by atoms with van der Waals surface area (Å²) in [5.41, 5.74) is -0.701. The van der Waals surface area contributed by atoms with Gasteiger partial charge in [-0.3, -0.25) is 0 Å². The second kappa shape index (κ2) is 5.80. The van der Waals surface area contributed by atoms with Gasteiger partial charge in [-0.25, -0.2) is 0 Å². The summed E-state index contributed by atoms with van der Waals surface area (Å²) < 4.78 is 0. The van der Waals surface area contributed by atoms with E-state index in [4.69, 9.17) is 0 Å². The minimum atomic E-state index is -0.701. The van der Waals surface area contributed by atoms with Gasteiger partial charge >= 0.3 is 0 Å². The summed E-state index contributed by atoms with van der Waals surface area (Å²) in [7, 11) is 0. The molecule has 3 N–H and O–H groups in total. The van der Waals surface area contributed by atoms with E-state index in [-0.39, 0.29) is 6.10 Å². The average molecular weight is 216 g/mol. The molecule has 1 atom stereocenters. The summed E-state index contributed by atoms with van der Waals surface area (Å²) in [5, 5.41) is 22.3. The normalized spacial score (nSPS) is 20.8. The van der Waals surface area contributed by atoms with Gasteiger partial charge in [-0.15, -0.1) is 0 Å². The van der Waals surface area contributed by atoms with Crippen molar-refractivity contribution in [3.05, 3.63) is 0 Å². The van der Waals surface area contributed by atoms with E-state index in [0.29, 0.717) is 13.1 Å². The lowest BCUT2D eigenvalue weighted by Gasteiger charge is -2.22. The molecular weight excluding hydrogens is 192 g/mol. The molecule has 0 aromatic heterocycles. The molecule has 1 saturated heterocycles. The van der Waals surface area contributed by atoms with E-state index >= 15 is 0 Å². The van der Waals surface area contributed by atoms with Crippen LogP contribution in [0.15, 0.2) is 0 Å². The summed E-state index contributed by atoms with van der Waals surface area (Å²) in [4.78, 5) is 2.29. The highest BCUT2D eigenvalue weighted by molar-refractivity contribution is 4.74. The van der Waals surface area contributed by atoms with Crippen LogP contribution in [0.3, 0.4) is 0 Å². The average Bonchev–Trinajstić information content (AvgIpc) is 2.54. The predicted octanol–water partition coefficient (Wildman–Crippen LogP) is -0.196. The molecule has 1 unspecified atom stereocenters. The third-order valence-electron chi connectivity index (χ3n) is 2.61. The van der Waals surface area contributed by atoms with Crippen molar-refractivity contribution in [1.82, 2.24) is 10.2 Å². The first-order chi connectivity index (χ1) is 6.97. The lowest BCUT2D eigenvalue weighted by atomic mass is 10.1. The van der Waals surface area contributed by atoms with E-state index in [9.17, 15) is 10.2 Å². The van der Waals surface area contributed by atoms with Gasteiger partial charge in [-0.2, -0.15) is 0 Å². The maximum absolute atomic E-state index is 9.72. The molecular formula is C11H24N2O2. The van der Waals surface area contributed by atoms with Crippen LogP contribution in [0.4, 0.5) is 0 Å². The van der Waals surface area contributed by atoms with Gasteiger partial charge in [0.05, 0.1) is 11.7 Å². The molecule has 1 aliphatic heterocycles. The molecule has 0 spiro atoms. The Morgan fingerprint density at radius 1 is 1.33 bits per heavy atom. The molecule has 4 nitrogen and oxygen atoms in total. The fourth-order valence-electron chi connectivity index (χ4n) is 1.87.